The second-order valence-corrected chi connectivity index (χ2v) is 9.32. The highest BCUT2D eigenvalue weighted by Crippen LogP contribution is 2.23. The van der Waals surface area contributed by atoms with Gasteiger partial charge in [0.15, 0.2) is 0 Å². The van der Waals surface area contributed by atoms with Gasteiger partial charge in [-0.15, -0.1) is 0 Å². The van der Waals surface area contributed by atoms with Crippen molar-refractivity contribution in [1.82, 2.24) is 4.31 Å². The van der Waals surface area contributed by atoms with E-state index < -0.39 is 10.0 Å². The predicted octanol–water partition coefficient (Wildman–Crippen LogP) is 2.67. The van der Waals surface area contributed by atoms with Crippen LogP contribution < -0.4 is 10.6 Å². The summed E-state index contributed by atoms with van der Waals surface area (Å²) in [5.41, 5.74) is 1.19. The first-order valence-electron chi connectivity index (χ1n) is 9.42. The average molecular weight is 396 g/mol. The third-order valence-electron chi connectivity index (χ3n) is 4.53. The van der Waals surface area contributed by atoms with Crippen molar-refractivity contribution in [2.75, 3.05) is 29.5 Å². The molecule has 150 valence electrons. The number of amides is 2. The van der Waals surface area contributed by atoms with Gasteiger partial charge in [-0.2, -0.15) is 0 Å². The molecule has 1 aromatic carbocycles. The lowest BCUT2D eigenvalue weighted by Crippen LogP contribution is -2.44. The highest BCUT2D eigenvalue weighted by atomic mass is 32.2. The van der Waals surface area contributed by atoms with E-state index >= 15 is 0 Å². The Kier molecular flexibility index (Phi) is 7.38. The Morgan fingerprint density at radius 3 is 2.52 bits per heavy atom. The number of nitrogens with zero attached hydrogens (tertiary/aromatic N) is 1. The van der Waals surface area contributed by atoms with Crippen LogP contribution in [0.25, 0.3) is 0 Å². The Morgan fingerprint density at radius 1 is 1.22 bits per heavy atom. The molecule has 0 bridgehead atoms. The fourth-order valence-corrected chi connectivity index (χ4v) is 4.59. The minimum atomic E-state index is -3.30. The summed E-state index contributed by atoms with van der Waals surface area (Å²) in [6, 6.07) is 6.96. The average Bonchev–Trinajstić information content (AvgIpc) is 2.62. The SMILES string of the molecule is CCCS(=O)(=O)N1CCCC(C(=O)Nc2cccc(NC(=O)C(C)C)c2)C1. The number of anilines is 2. The van der Waals surface area contributed by atoms with Crippen LogP contribution in [0.15, 0.2) is 24.3 Å². The molecule has 1 atom stereocenters. The highest BCUT2D eigenvalue weighted by molar-refractivity contribution is 7.89. The standard InChI is InChI=1S/C19H29N3O4S/c1-4-11-27(25,26)22-10-6-7-15(13-22)19(24)21-17-9-5-8-16(12-17)20-18(23)14(2)3/h5,8-9,12,14-15H,4,6-7,10-11,13H2,1-3H3,(H,20,23)(H,21,24). The fraction of sp³-hybridized carbons (Fsp3) is 0.579. The van der Waals surface area contributed by atoms with E-state index in [2.05, 4.69) is 10.6 Å². The van der Waals surface area contributed by atoms with Gasteiger partial charge in [0.05, 0.1) is 11.7 Å². The molecule has 0 aliphatic carbocycles. The van der Waals surface area contributed by atoms with Crippen LogP contribution in [-0.4, -0.2) is 43.4 Å². The van der Waals surface area contributed by atoms with Crippen molar-refractivity contribution in [3.63, 3.8) is 0 Å². The number of rotatable bonds is 7. The Bertz CT molecular complexity index is 777. The summed E-state index contributed by atoms with van der Waals surface area (Å²) in [5, 5.41) is 5.64. The van der Waals surface area contributed by atoms with E-state index in [1.54, 1.807) is 24.3 Å². The maximum Gasteiger partial charge on any atom is 0.228 e. The van der Waals surface area contributed by atoms with Crippen LogP contribution in [-0.2, 0) is 19.6 Å². The lowest BCUT2D eigenvalue weighted by Gasteiger charge is -2.31. The Morgan fingerprint density at radius 2 is 1.89 bits per heavy atom. The molecule has 0 spiro atoms. The quantitative estimate of drug-likeness (QED) is 0.742. The predicted molar refractivity (Wildman–Crippen MR) is 107 cm³/mol. The summed E-state index contributed by atoms with van der Waals surface area (Å²) in [6.07, 6.45) is 1.89. The monoisotopic (exact) mass is 395 g/mol. The van der Waals surface area contributed by atoms with Gasteiger partial charge in [-0.25, -0.2) is 12.7 Å². The molecule has 1 aliphatic heterocycles. The van der Waals surface area contributed by atoms with E-state index in [4.69, 9.17) is 0 Å². The molecule has 1 unspecified atom stereocenters. The zero-order chi connectivity index (χ0) is 20.0. The zero-order valence-corrected chi connectivity index (χ0v) is 17.0. The lowest BCUT2D eigenvalue weighted by molar-refractivity contribution is -0.121. The minimum absolute atomic E-state index is 0.0949. The summed E-state index contributed by atoms with van der Waals surface area (Å²) >= 11 is 0. The Hall–Kier alpha value is -1.93. The number of benzene rings is 1. The number of sulfonamides is 1. The summed E-state index contributed by atoms with van der Waals surface area (Å²) in [5.74, 6) is -0.694. The van der Waals surface area contributed by atoms with Crippen molar-refractivity contribution in [1.29, 1.82) is 0 Å². The van der Waals surface area contributed by atoms with Crippen molar-refractivity contribution in [2.45, 2.75) is 40.0 Å². The zero-order valence-electron chi connectivity index (χ0n) is 16.2. The smallest absolute Gasteiger partial charge is 0.228 e. The van der Waals surface area contributed by atoms with Crippen molar-refractivity contribution in [3.05, 3.63) is 24.3 Å². The lowest BCUT2D eigenvalue weighted by atomic mass is 9.98. The van der Waals surface area contributed by atoms with Gasteiger partial charge >= 0.3 is 0 Å². The number of carbonyl (C=O) groups excluding carboxylic acids is 2. The van der Waals surface area contributed by atoms with Gasteiger partial charge in [0.25, 0.3) is 0 Å². The second-order valence-electron chi connectivity index (χ2n) is 7.23. The van der Waals surface area contributed by atoms with E-state index in [-0.39, 0.29) is 35.9 Å². The maximum absolute atomic E-state index is 12.6. The number of hydrogen-bond acceptors (Lipinski definition) is 4. The van der Waals surface area contributed by atoms with Gasteiger partial charge in [-0.1, -0.05) is 26.8 Å². The van der Waals surface area contributed by atoms with Crippen LogP contribution >= 0.6 is 0 Å². The first-order chi connectivity index (χ1) is 12.7. The molecule has 1 fully saturated rings. The minimum Gasteiger partial charge on any atom is -0.326 e. The van der Waals surface area contributed by atoms with Crippen LogP contribution in [0.2, 0.25) is 0 Å². The molecule has 1 heterocycles. The first kappa shape index (κ1) is 21.4. The van der Waals surface area contributed by atoms with Gasteiger partial charge in [0.1, 0.15) is 0 Å². The van der Waals surface area contributed by atoms with Crippen molar-refractivity contribution >= 4 is 33.2 Å². The molecular formula is C19H29N3O4S. The van der Waals surface area contributed by atoms with Gasteiger partial charge in [0.2, 0.25) is 21.8 Å². The number of carbonyl (C=O) groups is 2. The Labute approximate surface area is 161 Å². The first-order valence-corrected chi connectivity index (χ1v) is 11.0. The third kappa shape index (κ3) is 6.04. The Balaban J connectivity index is 2.01. The van der Waals surface area contributed by atoms with Crippen LogP contribution in [0, 0.1) is 11.8 Å². The fourth-order valence-electron chi connectivity index (χ4n) is 3.00. The molecule has 1 aromatic rings. The summed E-state index contributed by atoms with van der Waals surface area (Å²) < 4.78 is 26.0. The van der Waals surface area contributed by atoms with Crippen LogP contribution in [0.5, 0.6) is 0 Å². The summed E-state index contributed by atoms with van der Waals surface area (Å²) in [4.78, 5) is 24.4. The molecular weight excluding hydrogens is 366 g/mol. The number of piperidine rings is 1. The molecule has 8 heteroatoms. The highest BCUT2D eigenvalue weighted by Gasteiger charge is 2.31. The van der Waals surface area contributed by atoms with Gasteiger partial charge < -0.3 is 10.6 Å². The van der Waals surface area contributed by atoms with E-state index in [1.165, 1.54) is 4.31 Å². The van der Waals surface area contributed by atoms with Crippen molar-refractivity contribution in [3.8, 4) is 0 Å². The molecule has 0 radical (unpaired) electrons. The molecule has 0 aromatic heterocycles. The molecule has 1 saturated heterocycles. The summed E-state index contributed by atoms with van der Waals surface area (Å²) in [6.45, 7) is 6.14. The van der Waals surface area contributed by atoms with Crippen LogP contribution in [0.1, 0.15) is 40.0 Å². The number of hydrogen-bond donors (Lipinski definition) is 2. The molecule has 2 amide bonds. The van der Waals surface area contributed by atoms with Gasteiger partial charge in [0, 0.05) is 30.4 Å². The van der Waals surface area contributed by atoms with Crippen molar-refractivity contribution in [2.24, 2.45) is 11.8 Å². The van der Waals surface area contributed by atoms with Gasteiger partial charge in [-0.05, 0) is 37.5 Å². The van der Waals surface area contributed by atoms with Crippen molar-refractivity contribution < 1.29 is 18.0 Å². The molecule has 27 heavy (non-hydrogen) atoms. The molecule has 2 rings (SSSR count). The van der Waals surface area contributed by atoms with E-state index in [9.17, 15) is 18.0 Å². The maximum atomic E-state index is 12.6. The molecule has 1 aliphatic rings. The van der Waals surface area contributed by atoms with Crippen LogP contribution in [0.4, 0.5) is 11.4 Å². The summed E-state index contributed by atoms with van der Waals surface area (Å²) in [7, 11) is -3.30. The second kappa shape index (κ2) is 9.32. The largest absolute Gasteiger partial charge is 0.326 e. The van der Waals surface area contributed by atoms with E-state index in [1.807, 2.05) is 20.8 Å². The van der Waals surface area contributed by atoms with Gasteiger partial charge in [-0.3, -0.25) is 9.59 Å². The molecule has 2 N–H and O–H groups in total. The van der Waals surface area contributed by atoms with E-state index in [0.717, 1.165) is 0 Å². The molecule has 7 nitrogen and oxygen atoms in total. The third-order valence-corrected chi connectivity index (χ3v) is 6.57. The molecule has 0 saturated carbocycles. The topological polar surface area (TPSA) is 95.6 Å². The van der Waals surface area contributed by atoms with E-state index in [0.29, 0.717) is 37.2 Å². The van der Waals surface area contributed by atoms with Crippen LogP contribution in [0.3, 0.4) is 0 Å². The normalized spacial score (nSPS) is 18.3. The number of nitrogens with one attached hydrogen (secondary N) is 2.